The van der Waals surface area contributed by atoms with Gasteiger partial charge in [0.15, 0.2) is 0 Å². The van der Waals surface area contributed by atoms with E-state index in [2.05, 4.69) is 24.1 Å². The lowest BCUT2D eigenvalue weighted by atomic mass is 9.97. The number of carboxylic acid groups (broad SMARTS) is 1. The molecule has 1 unspecified atom stereocenters. The molecule has 1 heterocycles. The highest BCUT2D eigenvalue weighted by atomic mass is 16.4. The quantitative estimate of drug-likeness (QED) is 0.627. The SMILES string of the molecule is C/C(=C\CN(C)C(=O)C(NC(=O)[C@@H]1CCCCN1C(C)C)C(C)C)C(=O)O. The second kappa shape index (κ2) is 10.4. The molecule has 0 saturated carbocycles. The summed E-state index contributed by atoms with van der Waals surface area (Å²) in [5, 5.41) is 11.9. The molecule has 0 aromatic rings. The number of carbonyl (C=O) groups excluding carboxylic acids is 2. The molecule has 154 valence electrons. The van der Waals surface area contributed by atoms with Gasteiger partial charge in [-0.15, -0.1) is 0 Å². The summed E-state index contributed by atoms with van der Waals surface area (Å²) in [6.07, 6.45) is 4.41. The molecule has 0 radical (unpaired) electrons. The number of piperidine rings is 1. The minimum atomic E-state index is -1.00. The molecule has 27 heavy (non-hydrogen) atoms. The Labute approximate surface area is 162 Å². The van der Waals surface area contributed by atoms with Crippen LogP contribution >= 0.6 is 0 Å². The van der Waals surface area contributed by atoms with Crippen LogP contribution in [0.4, 0.5) is 0 Å². The van der Waals surface area contributed by atoms with E-state index in [4.69, 9.17) is 5.11 Å². The number of carbonyl (C=O) groups is 3. The van der Waals surface area contributed by atoms with Crippen molar-refractivity contribution in [2.45, 2.75) is 72.0 Å². The predicted molar refractivity (Wildman–Crippen MR) is 105 cm³/mol. The van der Waals surface area contributed by atoms with Crippen LogP contribution in [0.3, 0.4) is 0 Å². The standard InChI is InChI=1S/C20H35N3O4/c1-13(2)17(19(25)22(6)12-10-15(5)20(26)27)21-18(24)16-9-7-8-11-23(16)14(3)4/h10,13-14,16-17H,7-9,11-12H2,1-6H3,(H,21,24)(H,26,27)/b15-10+/t16-,17?/m0/s1. The lowest BCUT2D eigenvalue weighted by Crippen LogP contribution is -2.57. The fourth-order valence-electron chi connectivity index (χ4n) is 3.31. The highest BCUT2D eigenvalue weighted by molar-refractivity contribution is 5.90. The Hall–Kier alpha value is -1.89. The average molecular weight is 382 g/mol. The first-order valence-electron chi connectivity index (χ1n) is 9.77. The molecule has 1 rings (SSSR count). The van der Waals surface area contributed by atoms with Crippen molar-refractivity contribution in [1.29, 1.82) is 0 Å². The van der Waals surface area contributed by atoms with Gasteiger partial charge in [0.25, 0.3) is 0 Å². The Morgan fingerprint density at radius 2 is 1.85 bits per heavy atom. The van der Waals surface area contributed by atoms with Crippen molar-refractivity contribution in [3.63, 3.8) is 0 Å². The number of rotatable bonds is 8. The summed E-state index contributed by atoms with van der Waals surface area (Å²) in [5.41, 5.74) is 0.189. The molecule has 1 fully saturated rings. The molecule has 7 nitrogen and oxygen atoms in total. The zero-order chi connectivity index (χ0) is 20.7. The number of carboxylic acids is 1. The van der Waals surface area contributed by atoms with Gasteiger partial charge in [0.2, 0.25) is 11.8 Å². The number of aliphatic carboxylic acids is 1. The van der Waals surface area contributed by atoms with E-state index in [1.165, 1.54) is 17.9 Å². The molecule has 7 heteroatoms. The minimum Gasteiger partial charge on any atom is -0.478 e. The molecule has 2 N–H and O–H groups in total. The molecular formula is C20H35N3O4. The van der Waals surface area contributed by atoms with Gasteiger partial charge in [0.05, 0.1) is 6.04 Å². The zero-order valence-electron chi connectivity index (χ0n) is 17.5. The minimum absolute atomic E-state index is 0.0652. The lowest BCUT2D eigenvalue weighted by Gasteiger charge is -2.38. The highest BCUT2D eigenvalue weighted by Gasteiger charge is 2.34. The molecule has 0 aliphatic carbocycles. The topological polar surface area (TPSA) is 90.0 Å². The molecule has 1 aliphatic heterocycles. The van der Waals surface area contributed by atoms with Gasteiger partial charge in [0.1, 0.15) is 6.04 Å². The van der Waals surface area contributed by atoms with Crippen LogP contribution in [-0.2, 0) is 14.4 Å². The summed E-state index contributed by atoms with van der Waals surface area (Å²) in [5.74, 6) is -1.37. The summed E-state index contributed by atoms with van der Waals surface area (Å²) in [6.45, 7) is 10.5. The van der Waals surface area contributed by atoms with Gasteiger partial charge < -0.3 is 15.3 Å². The smallest absolute Gasteiger partial charge is 0.331 e. The van der Waals surface area contributed by atoms with Gasteiger partial charge in [-0.2, -0.15) is 0 Å². The van der Waals surface area contributed by atoms with Crippen molar-refractivity contribution in [3.8, 4) is 0 Å². The Bertz CT molecular complexity index is 572. The van der Waals surface area contributed by atoms with Crippen molar-refractivity contribution in [1.82, 2.24) is 15.1 Å². The van der Waals surface area contributed by atoms with Gasteiger partial charge >= 0.3 is 5.97 Å². The Morgan fingerprint density at radius 3 is 2.37 bits per heavy atom. The average Bonchev–Trinajstić information content (AvgIpc) is 2.62. The van der Waals surface area contributed by atoms with Gasteiger partial charge in [-0.05, 0) is 46.1 Å². The fraction of sp³-hybridized carbons (Fsp3) is 0.750. The molecule has 2 atom stereocenters. The van der Waals surface area contributed by atoms with Crippen molar-refractivity contribution >= 4 is 17.8 Å². The molecule has 2 amide bonds. The van der Waals surface area contributed by atoms with E-state index in [9.17, 15) is 14.4 Å². The summed E-state index contributed by atoms with van der Waals surface area (Å²) in [6, 6.07) is -0.551. The second-order valence-corrected chi connectivity index (χ2v) is 7.98. The van der Waals surface area contributed by atoms with Crippen LogP contribution in [0.2, 0.25) is 0 Å². The number of nitrogens with zero attached hydrogens (tertiary/aromatic N) is 2. The maximum Gasteiger partial charge on any atom is 0.331 e. The van der Waals surface area contributed by atoms with E-state index < -0.39 is 12.0 Å². The molecule has 1 saturated heterocycles. The monoisotopic (exact) mass is 381 g/mol. The number of hydrogen-bond donors (Lipinski definition) is 2. The first kappa shape index (κ1) is 23.1. The lowest BCUT2D eigenvalue weighted by molar-refractivity contribution is -0.138. The van der Waals surface area contributed by atoms with Gasteiger partial charge in [0, 0.05) is 25.2 Å². The summed E-state index contributed by atoms with van der Waals surface area (Å²) in [4.78, 5) is 40.3. The van der Waals surface area contributed by atoms with Gasteiger partial charge in [-0.3, -0.25) is 14.5 Å². The second-order valence-electron chi connectivity index (χ2n) is 7.98. The van der Waals surface area contributed by atoms with Crippen LogP contribution in [0.1, 0.15) is 53.9 Å². The van der Waals surface area contributed by atoms with Crippen molar-refractivity contribution in [2.75, 3.05) is 20.1 Å². The van der Waals surface area contributed by atoms with E-state index in [1.807, 2.05) is 13.8 Å². The van der Waals surface area contributed by atoms with E-state index in [1.54, 1.807) is 7.05 Å². The highest BCUT2D eigenvalue weighted by Crippen LogP contribution is 2.20. The maximum absolute atomic E-state index is 12.9. The Balaban J connectivity index is 2.82. The third kappa shape index (κ3) is 6.65. The number of hydrogen-bond acceptors (Lipinski definition) is 4. The molecule has 0 bridgehead atoms. The number of likely N-dealkylation sites (tertiary alicyclic amines) is 1. The van der Waals surface area contributed by atoms with Crippen molar-refractivity contribution < 1.29 is 19.5 Å². The number of amides is 2. The number of nitrogens with one attached hydrogen (secondary N) is 1. The summed E-state index contributed by atoms with van der Waals surface area (Å²) >= 11 is 0. The first-order chi connectivity index (χ1) is 12.6. The van der Waals surface area contributed by atoms with E-state index in [0.29, 0.717) is 0 Å². The third-order valence-electron chi connectivity index (χ3n) is 5.13. The Morgan fingerprint density at radius 1 is 1.22 bits per heavy atom. The predicted octanol–water partition coefficient (Wildman–Crippen LogP) is 1.88. The molecule has 0 aromatic carbocycles. The molecule has 0 spiro atoms. The summed E-state index contributed by atoms with van der Waals surface area (Å²) in [7, 11) is 1.62. The van der Waals surface area contributed by atoms with Crippen LogP contribution in [0.15, 0.2) is 11.6 Å². The van der Waals surface area contributed by atoms with Crippen LogP contribution in [0.5, 0.6) is 0 Å². The van der Waals surface area contributed by atoms with Crippen LogP contribution < -0.4 is 5.32 Å². The van der Waals surface area contributed by atoms with Crippen molar-refractivity contribution in [2.24, 2.45) is 5.92 Å². The summed E-state index contributed by atoms with van der Waals surface area (Å²) < 4.78 is 0. The molecular weight excluding hydrogens is 346 g/mol. The van der Waals surface area contributed by atoms with Crippen LogP contribution in [0, 0.1) is 5.92 Å². The number of likely N-dealkylation sites (N-methyl/N-ethyl adjacent to an activating group) is 1. The Kier molecular flexibility index (Phi) is 8.96. The first-order valence-corrected chi connectivity index (χ1v) is 9.77. The third-order valence-corrected chi connectivity index (χ3v) is 5.13. The normalized spacial score (nSPS) is 19.9. The van der Waals surface area contributed by atoms with Crippen LogP contribution in [-0.4, -0.2) is 71.0 Å². The molecule has 0 aromatic heterocycles. The fourth-order valence-corrected chi connectivity index (χ4v) is 3.31. The molecule has 1 aliphatic rings. The van der Waals surface area contributed by atoms with Gasteiger partial charge in [-0.25, -0.2) is 4.79 Å². The maximum atomic E-state index is 12.9. The van der Waals surface area contributed by atoms with Crippen molar-refractivity contribution in [3.05, 3.63) is 11.6 Å². The van der Waals surface area contributed by atoms with E-state index in [-0.39, 0.29) is 41.9 Å². The van der Waals surface area contributed by atoms with E-state index in [0.717, 1.165) is 25.8 Å². The van der Waals surface area contributed by atoms with Crippen LogP contribution in [0.25, 0.3) is 0 Å². The van der Waals surface area contributed by atoms with E-state index >= 15 is 0 Å². The van der Waals surface area contributed by atoms with Gasteiger partial charge in [-0.1, -0.05) is 26.3 Å². The zero-order valence-corrected chi connectivity index (χ0v) is 17.5. The largest absolute Gasteiger partial charge is 0.478 e.